The van der Waals surface area contributed by atoms with Crippen LogP contribution in [0.1, 0.15) is 23.8 Å². The van der Waals surface area contributed by atoms with Gasteiger partial charge < -0.3 is 5.32 Å². The molecule has 0 aliphatic heterocycles. The number of carbonyl (C=O) groups excluding carboxylic acids is 1. The molecular formula is C11H10BrClFNO. The van der Waals surface area contributed by atoms with E-state index in [0.29, 0.717) is 10.0 Å². The van der Waals surface area contributed by atoms with Gasteiger partial charge >= 0.3 is 0 Å². The summed E-state index contributed by atoms with van der Waals surface area (Å²) in [7, 11) is 0. The van der Waals surface area contributed by atoms with Gasteiger partial charge in [0.15, 0.2) is 0 Å². The Balaban J connectivity index is 2.14. The third-order valence-electron chi connectivity index (χ3n) is 2.39. The van der Waals surface area contributed by atoms with Gasteiger partial charge in [-0.15, -0.1) is 11.6 Å². The first-order chi connectivity index (χ1) is 7.58. The predicted molar refractivity (Wildman–Crippen MR) is 63.9 cm³/mol. The van der Waals surface area contributed by atoms with Gasteiger partial charge in [-0.25, -0.2) is 4.39 Å². The molecule has 1 fully saturated rings. The molecule has 0 heterocycles. The summed E-state index contributed by atoms with van der Waals surface area (Å²) in [6.07, 6.45) is 2.00. The molecule has 86 valence electrons. The van der Waals surface area contributed by atoms with Gasteiger partial charge in [0.25, 0.3) is 0 Å². The molecule has 1 aromatic rings. The smallest absolute Gasteiger partial charge is 0.242 e. The molecule has 1 atom stereocenters. The minimum Gasteiger partial charge on any atom is -0.352 e. The fourth-order valence-corrected chi connectivity index (χ4v) is 2.20. The standard InChI is InChI=1S/C11H10BrClFNO/c12-9-4-1-6(14)5-8(9)10(13)11(16)15-7-2-3-7/h1,4-5,7,10H,2-3H2,(H,15,16). The predicted octanol–water partition coefficient (Wildman–Crippen LogP) is 3.15. The van der Waals surface area contributed by atoms with Crippen molar-refractivity contribution in [3.63, 3.8) is 0 Å². The van der Waals surface area contributed by atoms with Crippen LogP contribution in [0.3, 0.4) is 0 Å². The average Bonchev–Trinajstić information content (AvgIpc) is 3.04. The highest BCUT2D eigenvalue weighted by atomic mass is 79.9. The van der Waals surface area contributed by atoms with Gasteiger partial charge in [0.2, 0.25) is 5.91 Å². The van der Waals surface area contributed by atoms with Crippen molar-refractivity contribution >= 4 is 33.4 Å². The van der Waals surface area contributed by atoms with E-state index < -0.39 is 11.2 Å². The molecule has 1 aliphatic rings. The first-order valence-corrected chi connectivity index (χ1v) is 6.20. The molecule has 1 aliphatic carbocycles. The lowest BCUT2D eigenvalue weighted by molar-refractivity contribution is -0.121. The third-order valence-corrected chi connectivity index (χ3v) is 3.54. The monoisotopic (exact) mass is 305 g/mol. The molecule has 2 nitrogen and oxygen atoms in total. The van der Waals surface area contributed by atoms with Crippen molar-refractivity contribution in [3.05, 3.63) is 34.1 Å². The normalized spacial score (nSPS) is 16.9. The zero-order valence-electron chi connectivity index (χ0n) is 8.34. The van der Waals surface area contributed by atoms with Crippen LogP contribution in [-0.2, 0) is 4.79 Å². The first kappa shape index (κ1) is 11.9. The Labute approximate surface area is 106 Å². The van der Waals surface area contributed by atoms with Gasteiger partial charge in [0.05, 0.1) is 0 Å². The fourth-order valence-electron chi connectivity index (χ4n) is 1.35. The molecule has 16 heavy (non-hydrogen) atoms. The molecule has 0 radical (unpaired) electrons. The van der Waals surface area contributed by atoms with E-state index in [0.717, 1.165) is 12.8 Å². The van der Waals surface area contributed by atoms with E-state index in [1.54, 1.807) is 6.07 Å². The van der Waals surface area contributed by atoms with Crippen LogP contribution in [0.25, 0.3) is 0 Å². The third kappa shape index (κ3) is 2.74. The van der Waals surface area contributed by atoms with Crippen molar-refractivity contribution in [1.29, 1.82) is 0 Å². The van der Waals surface area contributed by atoms with Gasteiger partial charge in [-0.05, 0) is 36.6 Å². The maximum absolute atomic E-state index is 13.0. The Morgan fingerprint density at radius 1 is 1.56 bits per heavy atom. The van der Waals surface area contributed by atoms with Crippen LogP contribution in [0, 0.1) is 5.82 Å². The number of halogens is 3. The summed E-state index contributed by atoms with van der Waals surface area (Å²) in [5.41, 5.74) is 0.458. The lowest BCUT2D eigenvalue weighted by Crippen LogP contribution is -2.28. The average molecular weight is 307 g/mol. The zero-order valence-corrected chi connectivity index (χ0v) is 10.7. The van der Waals surface area contributed by atoms with E-state index in [2.05, 4.69) is 21.2 Å². The summed E-state index contributed by atoms with van der Waals surface area (Å²) >= 11 is 9.25. The number of rotatable bonds is 3. The van der Waals surface area contributed by atoms with Crippen LogP contribution >= 0.6 is 27.5 Å². The van der Waals surface area contributed by atoms with Gasteiger partial charge in [-0.2, -0.15) is 0 Å². The van der Waals surface area contributed by atoms with Crippen LogP contribution in [0.15, 0.2) is 22.7 Å². The van der Waals surface area contributed by atoms with Gasteiger partial charge in [0, 0.05) is 10.5 Å². The molecule has 0 spiro atoms. The van der Waals surface area contributed by atoms with E-state index in [1.165, 1.54) is 12.1 Å². The van der Waals surface area contributed by atoms with Crippen LogP contribution in [0.4, 0.5) is 4.39 Å². The SMILES string of the molecule is O=C(NC1CC1)C(Cl)c1cc(F)ccc1Br. The Hall–Kier alpha value is -0.610. The summed E-state index contributed by atoms with van der Waals surface area (Å²) in [5, 5.41) is 1.93. The fraction of sp³-hybridized carbons (Fsp3) is 0.364. The minimum absolute atomic E-state index is 0.251. The number of carbonyl (C=O) groups is 1. The molecule has 2 rings (SSSR count). The molecule has 0 aromatic heterocycles. The number of benzene rings is 1. The second kappa shape index (κ2) is 4.72. The van der Waals surface area contributed by atoms with Crippen molar-refractivity contribution in [3.8, 4) is 0 Å². The number of hydrogen-bond donors (Lipinski definition) is 1. The molecular weight excluding hydrogens is 296 g/mol. The van der Waals surface area contributed by atoms with E-state index in [9.17, 15) is 9.18 Å². The largest absolute Gasteiger partial charge is 0.352 e. The molecule has 1 unspecified atom stereocenters. The summed E-state index contributed by atoms with van der Waals surface area (Å²) in [4.78, 5) is 11.7. The lowest BCUT2D eigenvalue weighted by atomic mass is 10.1. The topological polar surface area (TPSA) is 29.1 Å². The summed E-state index contributed by atoms with van der Waals surface area (Å²) in [6.45, 7) is 0. The Bertz CT molecular complexity index is 422. The van der Waals surface area contributed by atoms with Crippen LogP contribution < -0.4 is 5.32 Å². The van der Waals surface area contributed by atoms with Gasteiger partial charge in [-0.3, -0.25) is 4.79 Å². The number of alkyl halides is 1. The van der Waals surface area contributed by atoms with Crippen LogP contribution in [0.2, 0.25) is 0 Å². The van der Waals surface area contributed by atoms with Crippen molar-refractivity contribution in [2.45, 2.75) is 24.3 Å². The van der Waals surface area contributed by atoms with Crippen molar-refractivity contribution < 1.29 is 9.18 Å². The van der Waals surface area contributed by atoms with E-state index >= 15 is 0 Å². The lowest BCUT2D eigenvalue weighted by Gasteiger charge is -2.12. The number of nitrogens with one attached hydrogen (secondary N) is 1. The molecule has 1 saturated carbocycles. The number of hydrogen-bond acceptors (Lipinski definition) is 1. The zero-order chi connectivity index (χ0) is 11.7. The molecule has 0 saturated heterocycles. The highest BCUT2D eigenvalue weighted by molar-refractivity contribution is 9.10. The molecule has 1 aromatic carbocycles. The van der Waals surface area contributed by atoms with E-state index in [4.69, 9.17) is 11.6 Å². The van der Waals surface area contributed by atoms with Gasteiger partial charge in [-0.1, -0.05) is 15.9 Å². The van der Waals surface area contributed by atoms with Crippen molar-refractivity contribution in [2.24, 2.45) is 0 Å². The van der Waals surface area contributed by atoms with Gasteiger partial charge in [0.1, 0.15) is 11.2 Å². The molecule has 1 amide bonds. The van der Waals surface area contributed by atoms with E-state index in [1.807, 2.05) is 0 Å². The molecule has 1 N–H and O–H groups in total. The Morgan fingerprint density at radius 2 is 2.25 bits per heavy atom. The quantitative estimate of drug-likeness (QED) is 0.854. The van der Waals surface area contributed by atoms with Crippen molar-refractivity contribution in [1.82, 2.24) is 5.32 Å². The maximum atomic E-state index is 13.0. The van der Waals surface area contributed by atoms with Crippen LogP contribution in [-0.4, -0.2) is 11.9 Å². The second-order valence-electron chi connectivity index (χ2n) is 3.81. The Kier molecular flexibility index (Phi) is 3.50. The summed E-state index contributed by atoms with van der Waals surface area (Å²) in [6, 6.07) is 4.38. The van der Waals surface area contributed by atoms with Crippen molar-refractivity contribution in [2.75, 3.05) is 0 Å². The Morgan fingerprint density at radius 3 is 2.88 bits per heavy atom. The minimum atomic E-state index is -0.856. The first-order valence-electron chi connectivity index (χ1n) is 4.97. The molecule has 5 heteroatoms. The van der Waals surface area contributed by atoms with Crippen LogP contribution in [0.5, 0.6) is 0 Å². The summed E-state index contributed by atoms with van der Waals surface area (Å²) in [5.74, 6) is -0.668. The second-order valence-corrected chi connectivity index (χ2v) is 5.10. The van der Waals surface area contributed by atoms with E-state index in [-0.39, 0.29) is 11.9 Å². The highest BCUT2D eigenvalue weighted by Crippen LogP contribution is 2.30. The number of amides is 1. The molecule has 0 bridgehead atoms. The summed E-state index contributed by atoms with van der Waals surface area (Å²) < 4.78 is 13.7. The highest BCUT2D eigenvalue weighted by Gasteiger charge is 2.28. The maximum Gasteiger partial charge on any atom is 0.242 e.